The molecule has 3 rings (SSSR count). The molecule has 1 aliphatic rings. The fourth-order valence-electron chi connectivity index (χ4n) is 3.70. The Labute approximate surface area is 159 Å². The number of aromatic nitrogens is 3. The molecule has 27 heavy (non-hydrogen) atoms. The van der Waals surface area contributed by atoms with E-state index in [1.807, 2.05) is 16.9 Å². The average molecular weight is 373 g/mol. The highest BCUT2D eigenvalue weighted by Crippen LogP contribution is 2.48. The molecule has 1 fully saturated rings. The number of rotatable bonds is 6. The molecule has 0 bridgehead atoms. The fourth-order valence-corrected chi connectivity index (χ4v) is 3.70. The van der Waals surface area contributed by atoms with Crippen LogP contribution in [0.1, 0.15) is 56.2 Å². The Morgan fingerprint density at radius 1 is 1.37 bits per heavy atom. The van der Waals surface area contributed by atoms with Gasteiger partial charge in [-0.3, -0.25) is 9.48 Å². The Morgan fingerprint density at radius 2 is 2.15 bits per heavy atom. The van der Waals surface area contributed by atoms with Gasteiger partial charge in [0.2, 0.25) is 5.88 Å². The van der Waals surface area contributed by atoms with Gasteiger partial charge in [-0.05, 0) is 32.4 Å². The molecule has 7 heteroatoms. The minimum atomic E-state index is -0.329. The number of aromatic hydroxyl groups is 1. The monoisotopic (exact) mass is 373 g/mol. The van der Waals surface area contributed by atoms with E-state index in [0.29, 0.717) is 26.1 Å². The van der Waals surface area contributed by atoms with Crippen molar-refractivity contribution in [3.63, 3.8) is 0 Å². The van der Waals surface area contributed by atoms with Crippen molar-refractivity contribution in [3.05, 3.63) is 35.8 Å². The first kappa shape index (κ1) is 19.4. The van der Waals surface area contributed by atoms with E-state index in [4.69, 9.17) is 9.47 Å². The van der Waals surface area contributed by atoms with Gasteiger partial charge in [0.1, 0.15) is 11.3 Å². The molecule has 1 saturated heterocycles. The largest absolute Gasteiger partial charge is 0.507 e. The van der Waals surface area contributed by atoms with Crippen molar-refractivity contribution in [2.24, 2.45) is 5.41 Å². The van der Waals surface area contributed by atoms with Crippen LogP contribution in [0.15, 0.2) is 24.5 Å². The average Bonchev–Trinajstić information content (AvgIpc) is 3.13. The Hall–Kier alpha value is -2.41. The predicted molar refractivity (Wildman–Crippen MR) is 100 cm³/mol. The first-order chi connectivity index (χ1) is 12.8. The van der Waals surface area contributed by atoms with E-state index in [9.17, 15) is 9.90 Å². The molecule has 2 unspecified atom stereocenters. The smallest absolute Gasteiger partial charge is 0.227 e. The van der Waals surface area contributed by atoms with Crippen molar-refractivity contribution < 1.29 is 19.4 Å². The molecule has 0 radical (unpaired) electrons. The molecule has 0 aliphatic carbocycles. The number of aldehydes is 1. The first-order valence-electron chi connectivity index (χ1n) is 9.20. The van der Waals surface area contributed by atoms with Gasteiger partial charge in [-0.1, -0.05) is 13.8 Å². The van der Waals surface area contributed by atoms with Crippen LogP contribution in [0.25, 0.3) is 0 Å². The second-order valence-corrected chi connectivity index (χ2v) is 7.91. The van der Waals surface area contributed by atoms with Gasteiger partial charge in [-0.15, -0.1) is 0 Å². The van der Waals surface area contributed by atoms with E-state index < -0.39 is 0 Å². The molecule has 2 atom stereocenters. The van der Waals surface area contributed by atoms with Crippen LogP contribution in [-0.4, -0.2) is 46.0 Å². The summed E-state index contributed by atoms with van der Waals surface area (Å²) in [7, 11) is 0. The molecule has 0 amide bonds. The summed E-state index contributed by atoms with van der Waals surface area (Å²) in [5.74, 6) is 0.0187. The van der Waals surface area contributed by atoms with Crippen LogP contribution >= 0.6 is 0 Å². The summed E-state index contributed by atoms with van der Waals surface area (Å²) in [5, 5.41) is 14.3. The number of ether oxygens (including phenoxy) is 2. The van der Waals surface area contributed by atoms with E-state index >= 15 is 0 Å². The van der Waals surface area contributed by atoms with Gasteiger partial charge < -0.3 is 14.6 Å². The van der Waals surface area contributed by atoms with Gasteiger partial charge >= 0.3 is 0 Å². The topological polar surface area (TPSA) is 86.5 Å². The summed E-state index contributed by atoms with van der Waals surface area (Å²) in [4.78, 5) is 15.4. The van der Waals surface area contributed by atoms with Crippen LogP contribution in [0.2, 0.25) is 0 Å². The zero-order chi connectivity index (χ0) is 19.7. The number of carbonyl (C=O) groups is 1. The van der Waals surface area contributed by atoms with Crippen LogP contribution in [0.3, 0.4) is 0 Å². The SMILES string of the molecule is CC(C)n1nccc1C1(C)COCCC1(C)COc1nccc(O)c1C=O. The van der Waals surface area contributed by atoms with E-state index in [1.165, 1.54) is 12.3 Å². The standard InChI is InChI=1S/C20H27N3O4/c1-14(2)23-17(6-9-22-23)20(4)13-26-10-7-19(20,3)12-27-18-15(11-24)16(25)5-8-21-18/h5-6,8-9,11,14H,7,10,12-13H2,1-4H3,(H,21,25). The third-order valence-electron chi connectivity index (χ3n) is 5.82. The molecule has 0 saturated carbocycles. The van der Waals surface area contributed by atoms with E-state index in [0.717, 1.165) is 12.1 Å². The molecule has 3 heterocycles. The lowest BCUT2D eigenvalue weighted by Crippen LogP contribution is -2.53. The molecule has 1 aliphatic heterocycles. The summed E-state index contributed by atoms with van der Waals surface area (Å²) >= 11 is 0. The van der Waals surface area contributed by atoms with E-state index in [2.05, 4.69) is 37.8 Å². The van der Waals surface area contributed by atoms with Crippen LogP contribution in [0.4, 0.5) is 0 Å². The number of hydrogen-bond acceptors (Lipinski definition) is 6. The third-order valence-corrected chi connectivity index (χ3v) is 5.82. The summed E-state index contributed by atoms with van der Waals surface area (Å²) in [6, 6.07) is 3.64. The number of nitrogens with zero attached hydrogens (tertiary/aromatic N) is 3. The Morgan fingerprint density at radius 3 is 2.85 bits per heavy atom. The van der Waals surface area contributed by atoms with Crippen LogP contribution in [0, 0.1) is 5.41 Å². The summed E-state index contributed by atoms with van der Waals surface area (Å²) in [6.07, 6.45) is 4.60. The van der Waals surface area contributed by atoms with Crippen LogP contribution < -0.4 is 4.74 Å². The lowest BCUT2D eigenvalue weighted by atomic mass is 9.61. The second-order valence-electron chi connectivity index (χ2n) is 7.91. The van der Waals surface area contributed by atoms with Crippen LogP contribution in [0.5, 0.6) is 11.6 Å². The summed E-state index contributed by atoms with van der Waals surface area (Å²) < 4.78 is 13.8. The quantitative estimate of drug-likeness (QED) is 0.783. The molecule has 146 valence electrons. The molecular weight excluding hydrogens is 346 g/mol. The molecular formula is C20H27N3O4. The molecule has 1 N–H and O–H groups in total. The van der Waals surface area contributed by atoms with Crippen molar-refractivity contribution in [1.82, 2.24) is 14.8 Å². The fraction of sp³-hybridized carbons (Fsp3) is 0.550. The predicted octanol–water partition coefficient (Wildman–Crippen LogP) is 3.14. The summed E-state index contributed by atoms with van der Waals surface area (Å²) in [5.41, 5.74) is 0.569. The molecule has 2 aromatic heterocycles. The highest BCUT2D eigenvalue weighted by molar-refractivity contribution is 5.82. The van der Waals surface area contributed by atoms with Gasteiger partial charge in [-0.2, -0.15) is 5.10 Å². The van der Waals surface area contributed by atoms with Gasteiger partial charge in [0.25, 0.3) is 0 Å². The molecule has 2 aromatic rings. The van der Waals surface area contributed by atoms with E-state index in [1.54, 1.807) is 0 Å². The van der Waals surface area contributed by atoms with Crippen molar-refractivity contribution in [2.75, 3.05) is 19.8 Å². The van der Waals surface area contributed by atoms with Crippen molar-refractivity contribution in [2.45, 2.75) is 45.6 Å². The highest BCUT2D eigenvalue weighted by Gasteiger charge is 2.51. The Bertz CT molecular complexity index is 819. The van der Waals surface area contributed by atoms with Gasteiger partial charge in [0.05, 0.1) is 13.2 Å². The lowest BCUT2D eigenvalue weighted by molar-refractivity contribution is -0.0726. The maximum Gasteiger partial charge on any atom is 0.227 e. The van der Waals surface area contributed by atoms with Gasteiger partial charge in [-0.25, -0.2) is 4.98 Å². The van der Waals surface area contributed by atoms with Gasteiger partial charge in [0.15, 0.2) is 6.29 Å². The minimum absolute atomic E-state index is 0.0714. The van der Waals surface area contributed by atoms with Crippen molar-refractivity contribution >= 4 is 6.29 Å². The van der Waals surface area contributed by atoms with E-state index in [-0.39, 0.29) is 34.1 Å². The molecule has 0 aromatic carbocycles. The Balaban J connectivity index is 1.93. The van der Waals surface area contributed by atoms with Crippen molar-refractivity contribution in [3.8, 4) is 11.6 Å². The normalized spacial score (nSPS) is 25.5. The van der Waals surface area contributed by atoms with Gasteiger partial charge in [0, 0.05) is 41.6 Å². The number of carbonyl (C=O) groups excluding carboxylic acids is 1. The number of hydrogen-bond donors (Lipinski definition) is 1. The minimum Gasteiger partial charge on any atom is -0.507 e. The number of pyridine rings is 1. The van der Waals surface area contributed by atoms with Crippen LogP contribution in [-0.2, 0) is 10.2 Å². The van der Waals surface area contributed by atoms with Crippen molar-refractivity contribution in [1.29, 1.82) is 0 Å². The lowest BCUT2D eigenvalue weighted by Gasteiger charge is -2.49. The highest BCUT2D eigenvalue weighted by atomic mass is 16.5. The zero-order valence-electron chi connectivity index (χ0n) is 16.3. The Kier molecular flexibility index (Phi) is 5.24. The first-order valence-corrected chi connectivity index (χ1v) is 9.20. The second kappa shape index (κ2) is 7.31. The maximum absolute atomic E-state index is 11.3. The zero-order valence-corrected chi connectivity index (χ0v) is 16.3. The summed E-state index contributed by atoms with van der Waals surface area (Å²) in [6.45, 7) is 10.1. The third kappa shape index (κ3) is 3.32. The molecule has 0 spiro atoms. The maximum atomic E-state index is 11.3. The molecule has 7 nitrogen and oxygen atoms in total.